The van der Waals surface area contributed by atoms with Crippen molar-refractivity contribution in [2.24, 2.45) is 0 Å². The summed E-state index contributed by atoms with van der Waals surface area (Å²) >= 11 is 8.16. The van der Waals surface area contributed by atoms with Crippen molar-refractivity contribution < 1.29 is 0 Å². The summed E-state index contributed by atoms with van der Waals surface area (Å²) < 4.78 is 1.03. The zero-order valence-corrected chi connectivity index (χ0v) is 13.4. The molecule has 19 heavy (non-hydrogen) atoms. The van der Waals surface area contributed by atoms with Crippen LogP contribution in [0.15, 0.2) is 24.3 Å². The topological polar surface area (TPSA) is 63.8 Å². The summed E-state index contributed by atoms with van der Waals surface area (Å²) in [6.45, 7) is 2.09. The Balaban J connectivity index is 2.27. The molecule has 0 fully saturated rings. The molecule has 4 nitrogen and oxygen atoms in total. The van der Waals surface area contributed by atoms with Gasteiger partial charge in [0.15, 0.2) is 0 Å². The first-order chi connectivity index (χ1) is 9.08. The zero-order valence-electron chi connectivity index (χ0n) is 10.5. The van der Waals surface area contributed by atoms with Gasteiger partial charge in [-0.2, -0.15) is 0 Å². The molecule has 0 unspecified atom stereocenters. The third kappa shape index (κ3) is 3.94. The predicted octanol–water partition coefficient (Wildman–Crippen LogP) is 4.01. The Bertz CT molecular complexity index is 589. The van der Waals surface area contributed by atoms with Gasteiger partial charge < -0.3 is 11.1 Å². The first kappa shape index (κ1) is 14.3. The van der Waals surface area contributed by atoms with Gasteiger partial charge in [-0.1, -0.05) is 18.5 Å². The summed E-state index contributed by atoms with van der Waals surface area (Å²) in [7, 11) is 0. The highest BCUT2D eigenvalue weighted by Gasteiger charge is 2.05. The highest BCUT2D eigenvalue weighted by atomic mass is 127. The highest BCUT2D eigenvalue weighted by molar-refractivity contribution is 14.1. The average molecular weight is 389 g/mol. The van der Waals surface area contributed by atoms with Gasteiger partial charge >= 0.3 is 0 Å². The fraction of sp³-hybridized carbons (Fsp3) is 0.231. The fourth-order valence-electron chi connectivity index (χ4n) is 1.65. The van der Waals surface area contributed by atoms with Crippen molar-refractivity contribution in [2.45, 2.75) is 19.8 Å². The van der Waals surface area contributed by atoms with E-state index in [0.717, 1.165) is 27.9 Å². The van der Waals surface area contributed by atoms with E-state index in [0.29, 0.717) is 16.7 Å². The lowest BCUT2D eigenvalue weighted by Gasteiger charge is -2.10. The largest absolute Gasteiger partial charge is 0.384 e. The summed E-state index contributed by atoms with van der Waals surface area (Å²) in [6, 6.07) is 7.37. The maximum atomic E-state index is 5.93. The maximum Gasteiger partial charge on any atom is 0.136 e. The summed E-state index contributed by atoms with van der Waals surface area (Å²) in [5.41, 5.74) is 6.74. The number of halogens is 2. The number of nitrogen functional groups attached to an aromatic ring is 1. The smallest absolute Gasteiger partial charge is 0.136 e. The van der Waals surface area contributed by atoms with Crippen molar-refractivity contribution >= 4 is 51.5 Å². The van der Waals surface area contributed by atoms with Crippen LogP contribution >= 0.6 is 34.2 Å². The van der Waals surface area contributed by atoms with Crippen LogP contribution in [-0.2, 0) is 6.42 Å². The predicted molar refractivity (Wildman–Crippen MR) is 87.9 cm³/mol. The van der Waals surface area contributed by atoms with Crippen LogP contribution in [0.5, 0.6) is 0 Å². The lowest BCUT2D eigenvalue weighted by Crippen LogP contribution is -2.04. The van der Waals surface area contributed by atoms with Gasteiger partial charge in [-0.25, -0.2) is 9.97 Å². The number of nitrogens with one attached hydrogen (secondary N) is 1. The van der Waals surface area contributed by atoms with Gasteiger partial charge in [-0.15, -0.1) is 0 Å². The molecule has 0 aliphatic rings. The van der Waals surface area contributed by atoms with Crippen molar-refractivity contribution in [1.82, 2.24) is 9.97 Å². The lowest BCUT2D eigenvalue weighted by atomic mass is 10.3. The van der Waals surface area contributed by atoms with E-state index in [1.807, 2.05) is 18.2 Å². The SMILES string of the molecule is CCCc1nc(N)cc(Nc2ccc(Cl)cc2I)n1. The molecule has 2 aromatic rings. The van der Waals surface area contributed by atoms with Gasteiger partial charge in [0.25, 0.3) is 0 Å². The number of rotatable bonds is 4. The first-order valence-electron chi connectivity index (χ1n) is 5.94. The molecule has 1 heterocycles. The van der Waals surface area contributed by atoms with E-state index in [1.165, 1.54) is 0 Å². The Morgan fingerprint density at radius 3 is 2.79 bits per heavy atom. The molecular weight excluding hydrogens is 375 g/mol. The van der Waals surface area contributed by atoms with Crippen molar-refractivity contribution in [3.63, 3.8) is 0 Å². The van der Waals surface area contributed by atoms with Crippen molar-refractivity contribution in [1.29, 1.82) is 0 Å². The number of aromatic nitrogens is 2. The van der Waals surface area contributed by atoms with E-state index in [4.69, 9.17) is 17.3 Å². The van der Waals surface area contributed by atoms with Crippen molar-refractivity contribution in [2.75, 3.05) is 11.1 Å². The van der Waals surface area contributed by atoms with Gasteiger partial charge in [0.1, 0.15) is 17.5 Å². The number of benzene rings is 1. The van der Waals surface area contributed by atoms with Crippen LogP contribution in [0.25, 0.3) is 0 Å². The third-order valence-corrected chi connectivity index (χ3v) is 3.59. The van der Waals surface area contributed by atoms with Crippen LogP contribution < -0.4 is 11.1 Å². The van der Waals surface area contributed by atoms with Gasteiger partial charge in [0.2, 0.25) is 0 Å². The Morgan fingerprint density at radius 1 is 1.32 bits per heavy atom. The molecule has 100 valence electrons. The normalized spacial score (nSPS) is 10.5. The molecule has 0 atom stereocenters. The van der Waals surface area contributed by atoms with E-state index in [9.17, 15) is 0 Å². The number of anilines is 3. The van der Waals surface area contributed by atoms with E-state index in [2.05, 4.69) is 44.8 Å². The molecule has 6 heteroatoms. The number of nitrogens with zero attached hydrogens (tertiary/aromatic N) is 2. The monoisotopic (exact) mass is 388 g/mol. The van der Waals surface area contributed by atoms with E-state index in [1.54, 1.807) is 6.07 Å². The lowest BCUT2D eigenvalue weighted by molar-refractivity contribution is 0.839. The molecule has 0 amide bonds. The molecule has 0 bridgehead atoms. The van der Waals surface area contributed by atoms with Crippen LogP contribution in [0.3, 0.4) is 0 Å². The standard InChI is InChI=1S/C13H14ClIN4/c1-2-3-12-18-11(16)7-13(19-12)17-10-5-4-8(14)6-9(10)15/h4-7H,2-3H2,1H3,(H3,16,17,18,19). The Kier molecular flexibility index (Phi) is 4.81. The summed E-state index contributed by atoms with van der Waals surface area (Å²) in [6.07, 6.45) is 1.80. The Morgan fingerprint density at radius 2 is 2.11 bits per heavy atom. The number of hydrogen-bond acceptors (Lipinski definition) is 4. The molecule has 0 saturated carbocycles. The third-order valence-electron chi connectivity index (χ3n) is 2.46. The minimum atomic E-state index is 0.477. The van der Waals surface area contributed by atoms with E-state index < -0.39 is 0 Å². The van der Waals surface area contributed by atoms with E-state index >= 15 is 0 Å². The molecule has 1 aromatic heterocycles. The van der Waals surface area contributed by atoms with E-state index in [-0.39, 0.29) is 0 Å². The maximum absolute atomic E-state index is 5.93. The Labute approximate surface area is 130 Å². The van der Waals surface area contributed by atoms with Crippen molar-refractivity contribution in [3.05, 3.63) is 38.7 Å². The van der Waals surface area contributed by atoms with Crippen LogP contribution in [0.1, 0.15) is 19.2 Å². The average Bonchev–Trinajstić information content (AvgIpc) is 2.32. The molecule has 0 aliphatic heterocycles. The molecule has 3 N–H and O–H groups in total. The van der Waals surface area contributed by atoms with Gasteiger partial charge in [-0.05, 0) is 47.2 Å². The second-order valence-corrected chi connectivity index (χ2v) is 5.69. The molecule has 2 rings (SSSR count). The number of nitrogens with two attached hydrogens (primary N) is 1. The first-order valence-corrected chi connectivity index (χ1v) is 7.39. The van der Waals surface area contributed by atoms with Gasteiger partial charge in [-0.3, -0.25) is 0 Å². The number of aryl methyl sites for hydroxylation is 1. The molecule has 0 radical (unpaired) electrons. The van der Waals surface area contributed by atoms with Crippen LogP contribution in [-0.4, -0.2) is 9.97 Å². The van der Waals surface area contributed by atoms with Crippen LogP contribution in [0.4, 0.5) is 17.3 Å². The van der Waals surface area contributed by atoms with Crippen LogP contribution in [0, 0.1) is 3.57 Å². The van der Waals surface area contributed by atoms with Gasteiger partial charge in [0.05, 0.1) is 5.69 Å². The highest BCUT2D eigenvalue weighted by Crippen LogP contribution is 2.25. The second-order valence-electron chi connectivity index (χ2n) is 4.09. The van der Waals surface area contributed by atoms with Gasteiger partial charge in [0, 0.05) is 21.1 Å². The molecule has 1 aromatic carbocycles. The number of hydrogen-bond donors (Lipinski definition) is 2. The van der Waals surface area contributed by atoms with Crippen molar-refractivity contribution in [3.8, 4) is 0 Å². The minimum absolute atomic E-state index is 0.477. The fourth-order valence-corrected chi connectivity index (χ4v) is 2.65. The van der Waals surface area contributed by atoms with Crippen LogP contribution in [0.2, 0.25) is 5.02 Å². The molecule has 0 saturated heterocycles. The molecular formula is C13H14ClIN4. The second kappa shape index (κ2) is 6.38. The summed E-state index contributed by atoms with van der Waals surface area (Å²) in [5.74, 6) is 1.94. The molecule has 0 aliphatic carbocycles. The quantitative estimate of drug-likeness (QED) is 0.777. The minimum Gasteiger partial charge on any atom is -0.384 e. The Hall–Kier alpha value is -1.08. The molecule has 0 spiro atoms. The summed E-state index contributed by atoms with van der Waals surface area (Å²) in [4.78, 5) is 8.65. The summed E-state index contributed by atoms with van der Waals surface area (Å²) in [5, 5.41) is 3.95. The zero-order chi connectivity index (χ0) is 13.8.